The van der Waals surface area contributed by atoms with Crippen molar-refractivity contribution in [2.24, 2.45) is 0 Å². The van der Waals surface area contributed by atoms with Gasteiger partial charge in [0.15, 0.2) is 0 Å². The summed E-state index contributed by atoms with van der Waals surface area (Å²) >= 11 is 5.50. The molecular formula is C12H16BrNS. The van der Waals surface area contributed by atoms with Crippen LogP contribution in [0.3, 0.4) is 0 Å². The summed E-state index contributed by atoms with van der Waals surface area (Å²) in [5.41, 5.74) is 1.41. The molecular weight excluding hydrogens is 270 g/mol. The SMILES string of the molecule is CC1(Cc2ccc(Br)cc2)NCCCS1. The van der Waals surface area contributed by atoms with Crippen LogP contribution in [0.1, 0.15) is 18.9 Å². The zero-order valence-electron chi connectivity index (χ0n) is 8.92. The molecule has 1 aromatic carbocycles. The largest absolute Gasteiger partial charge is 0.303 e. The zero-order chi connectivity index (χ0) is 10.7. The second-order valence-corrected chi connectivity index (χ2v) is 6.68. The van der Waals surface area contributed by atoms with Crippen molar-refractivity contribution in [2.45, 2.75) is 24.6 Å². The average molecular weight is 286 g/mol. The fraction of sp³-hybridized carbons (Fsp3) is 0.500. The van der Waals surface area contributed by atoms with Crippen LogP contribution in [0.25, 0.3) is 0 Å². The van der Waals surface area contributed by atoms with Gasteiger partial charge >= 0.3 is 0 Å². The Morgan fingerprint density at radius 1 is 1.40 bits per heavy atom. The lowest BCUT2D eigenvalue weighted by atomic mass is 10.1. The van der Waals surface area contributed by atoms with Gasteiger partial charge in [-0.05, 0) is 49.8 Å². The van der Waals surface area contributed by atoms with Crippen molar-refractivity contribution in [3.8, 4) is 0 Å². The number of nitrogens with one attached hydrogen (secondary N) is 1. The minimum Gasteiger partial charge on any atom is -0.303 e. The molecule has 0 aliphatic carbocycles. The molecule has 0 radical (unpaired) electrons. The highest BCUT2D eigenvalue weighted by Crippen LogP contribution is 2.30. The first kappa shape index (κ1) is 11.5. The lowest BCUT2D eigenvalue weighted by Gasteiger charge is -2.34. The van der Waals surface area contributed by atoms with Crippen LogP contribution in [-0.4, -0.2) is 17.2 Å². The molecule has 1 saturated heterocycles. The molecule has 0 spiro atoms. The maximum atomic E-state index is 3.61. The molecule has 0 aromatic heterocycles. The molecule has 0 saturated carbocycles. The van der Waals surface area contributed by atoms with Crippen LogP contribution in [0.15, 0.2) is 28.7 Å². The predicted octanol–water partition coefficient (Wildman–Crippen LogP) is 3.43. The molecule has 1 nitrogen and oxygen atoms in total. The molecule has 1 aromatic rings. The van der Waals surface area contributed by atoms with E-state index in [4.69, 9.17) is 0 Å². The number of thioether (sulfide) groups is 1. The van der Waals surface area contributed by atoms with Crippen LogP contribution in [0, 0.1) is 0 Å². The Bertz CT molecular complexity index is 317. The Kier molecular flexibility index (Phi) is 3.75. The summed E-state index contributed by atoms with van der Waals surface area (Å²) in [6, 6.07) is 8.64. The summed E-state index contributed by atoms with van der Waals surface area (Å²) in [7, 11) is 0. The van der Waals surface area contributed by atoms with E-state index in [1.165, 1.54) is 17.7 Å². The van der Waals surface area contributed by atoms with Gasteiger partial charge in [0, 0.05) is 4.47 Å². The standard InChI is InChI=1S/C12H16BrNS/c1-12(14-7-2-8-15-12)9-10-3-5-11(13)6-4-10/h3-6,14H,2,7-9H2,1H3. The highest BCUT2D eigenvalue weighted by molar-refractivity contribution is 9.10. The highest BCUT2D eigenvalue weighted by Gasteiger charge is 2.26. The summed E-state index contributed by atoms with van der Waals surface area (Å²) in [6.07, 6.45) is 2.39. The van der Waals surface area contributed by atoms with Gasteiger partial charge < -0.3 is 5.32 Å². The Morgan fingerprint density at radius 2 is 2.13 bits per heavy atom. The smallest absolute Gasteiger partial charge is 0.0657 e. The van der Waals surface area contributed by atoms with Gasteiger partial charge in [-0.1, -0.05) is 28.1 Å². The fourth-order valence-corrected chi connectivity index (χ4v) is 3.36. The molecule has 1 unspecified atom stereocenters. The Morgan fingerprint density at radius 3 is 2.73 bits per heavy atom. The van der Waals surface area contributed by atoms with Gasteiger partial charge in [-0.25, -0.2) is 0 Å². The van der Waals surface area contributed by atoms with Crippen LogP contribution >= 0.6 is 27.7 Å². The summed E-state index contributed by atoms with van der Waals surface area (Å²) in [6.45, 7) is 3.46. The number of hydrogen-bond donors (Lipinski definition) is 1. The molecule has 1 fully saturated rings. The number of hydrogen-bond acceptors (Lipinski definition) is 2. The van der Waals surface area contributed by atoms with Crippen LogP contribution in [0.5, 0.6) is 0 Å². The number of benzene rings is 1. The van der Waals surface area contributed by atoms with E-state index < -0.39 is 0 Å². The monoisotopic (exact) mass is 285 g/mol. The molecule has 1 heterocycles. The van der Waals surface area contributed by atoms with E-state index in [1.807, 2.05) is 11.8 Å². The van der Waals surface area contributed by atoms with E-state index in [0.717, 1.165) is 17.4 Å². The second kappa shape index (κ2) is 4.89. The van der Waals surface area contributed by atoms with E-state index in [2.05, 4.69) is 52.4 Å². The van der Waals surface area contributed by atoms with E-state index in [0.29, 0.717) is 0 Å². The van der Waals surface area contributed by atoms with Gasteiger partial charge in [0.2, 0.25) is 0 Å². The van der Waals surface area contributed by atoms with Gasteiger partial charge in [-0.2, -0.15) is 0 Å². The molecule has 15 heavy (non-hydrogen) atoms. The van der Waals surface area contributed by atoms with Crippen LogP contribution in [-0.2, 0) is 6.42 Å². The maximum Gasteiger partial charge on any atom is 0.0657 e. The average Bonchev–Trinajstić information content (AvgIpc) is 2.22. The van der Waals surface area contributed by atoms with Crippen LogP contribution in [0.2, 0.25) is 0 Å². The first-order chi connectivity index (χ1) is 7.18. The van der Waals surface area contributed by atoms with Crippen molar-refractivity contribution in [3.05, 3.63) is 34.3 Å². The summed E-state index contributed by atoms with van der Waals surface area (Å²) in [5, 5.41) is 3.61. The minimum atomic E-state index is 0.228. The molecule has 1 aliphatic heterocycles. The quantitative estimate of drug-likeness (QED) is 0.894. The van der Waals surface area contributed by atoms with Crippen molar-refractivity contribution in [1.29, 1.82) is 0 Å². The van der Waals surface area contributed by atoms with Crippen molar-refractivity contribution in [2.75, 3.05) is 12.3 Å². The summed E-state index contributed by atoms with van der Waals surface area (Å²) < 4.78 is 1.15. The molecule has 1 N–H and O–H groups in total. The summed E-state index contributed by atoms with van der Waals surface area (Å²) in [4.78, 5) is 0.228. The maximum absolute atomic E-state index is 3.61. The van der Waals surface area contributed by atoms with Gasteiger partial charge in [-0.3, -0.25) is 0 Å². The summed E-state index contributed by atoms with van der Waals surface area (Å²) in [5.74, 6) is 1.28. The topological polar surface area (TPSA) is 12.0 Å². The number of halogens is 1. The van der Waals surface area contributed by atoms with Crippen molar-refractivity contribution < 1.29 is 0 Å². The van der Waals surface area contributed by atoms with Crippen molar-refractivity contribution in [3.63, 3.8) is 0 Å². The van der Waals surface area contributed by atoms with Crippen molar-refractivity contribution in [1.82, 2.24) is 5.32 Å². The zero-order valence-corrected chi connectivity index (χ0v) is 11.3. The van der Waals surface area contributed by atoms with Gasteiger partial charge in [0.25, 0.3) is 0 Å². The van der Waals surface area contributed by atoms with Gasteiger partial charge in [0.1, 0.15) is 0 Å². The van der Waals surface area contributed by atoms with E-state index in [9.17, 15) is 0 Å². The normalized spacial score (nSPS) is 26.5. The van der Waals surface area contributed by atoms with Gasteiger partial charge in [0.05, 0.1) is 4.87 Å². The Labute approximate surface area is 104 Å². The molecule has 0 bridgehead atoms. The van der Waals surface area contributed by atoms with Crippen LogP contribution in [0.4, 0.5) is 0 Å². The molecule has 82 valence electrons. The molecule has 1 atom stereocenters. The predicted molar refractivity (Wildman–Crippen MR) is 71.3 cm³/mol. The lowest BCUT2D eigenvalue weighted by Crippen LogP contribution is -2.45. The third-order valence-corrected chi connectivity index (χ3v) is 4.64. The molecule has 1 aliphatic rings. The number of rotatable bonds is 2. The fourth-order valence-electron chi connectivity index (χ4n) is 1.88. The molecule has 0 amide bonds. The lowest BCUT2D eigenvalue weighted by molar-refractivity contribution is 0.483. The van der Waals surface area contributed by atoms with Gasteiger partial charge in [-0.15, -0.1) is 11.8 Å². The Balaban J connectivity index is 2.03. The molecule has 3 heteroatoms. The van der Waals surface area contributed by atoms with Crippen molar-refractivity contribution >= 4 is 27.7 Å². The van der Waals surface area contributed by atoms with E-state index >= 15 is 0 Å². The molecule has 2 rings (SSSR count). The first-order valence-electron chi connectivity index (χ1n) is 5.31. The Hall–Kier alpha value is 0.01000. The third kappa shape index (κ3) is 3.23. The highest BCUT2D eigenvalue weighted by atomic mass is 79.9. The third-order valence-electron chi connectivity index (χ3n) is 2.70. The second-order valence-electron chi connectivity index (χ2n) is 4.16. The van der Waals surface area contributed by atoms with Crippen LogP contribution < -0.4 is 5.32 Å². The van der Waals surface area contributed by atoms with E-state index in [-0.39, 0.29) is 4.87 Å². The minimum absolute atomic E-state index is 0.228. The first-order valence-corrected chi connectivity index (χ1v) is 7.09. The van der Waals surface area contributed by atoms with E-state index in [1.54, 1.807) is 0 Å².